The molecule has 0 radical (unpaired) electrons. The molecule has 3 aromatic heterocycles. The van der Waals surface area contributed by atoms with Gasteiger partial charge in [-0.05, 0) is 19.9 Å². The monoisotopic (exact) mass is 357 g/mol. The molecule has 3 aromatic rings. The zero-order valence-electron chi connectivity index (χ0n) is 23.5. The van der Waals surface area contributed by atoms with E-state index in [2.05, 4.69) is 24.7 Å². The highest BCUT2D eigenvalue weighted by atomic mass is 32.2. The molecular formula is C16H18N4O3S. The van der Waals surface area contributed by atoms with Crippen molar-refractivity contribution in [1.82, 2.24) is 19.9 Å². The molecule has 1 atom stereocenters. The van der Waals surface area contributed by atoms with Gasteiger partial charge in [0.1, 0.15) is 5.75 Å². The van der Waals surface area contributed by atoms with E-state index in [1.54, 1.807) is 0 Å². The van der Waals surface area contributed by atoms with E-state index < -0.39 is 65.9 Å². The van der Waals surface area contributed by atoms with Gasteiger partial charge in [-0.15, -0.1) is 0 Å². The third kappa shape index (κ3) is 3.02. The molecule has 1 N–H and O–H groups in total. The van der Waals surface area contributed by atoms with E-state index in [0.717, 1.165) is 0 Å². The van der Waals surface area contributed by atoms with Crippen LogP contribution in [0.4, 0.5) is 0 Å². The molecule has 0 aliphatic heterocycles. The van der Waals surface area contributed by atoms with Gasteiger partial charge in [0, 0.05) is 34.5 Å². The largest absolute Gasteiger partial charge is 0.609 e. The second-order valence-electron chi connectivity index (χ2n) is 4.63. The van der Waals surface area contributed by atoms with Crippen molar-refractivity contribution < 1.29 is 29.1 Å². The standard InChI is InChI=1S/C16H18N4O3S/c1-9-7-17-12(10(2)14(9)23-4)8-24(21)16-18-11-5-6-13(22-3)19-15(11)20-16/h5-7H,8H2,1-4H3,(H,18,19,20)/i3D3,4D3,5D,6D,7D,8D2. The fraction of sp³-hybridized carbons (Fsp3) is 0.312. The van der Waals surface area contributed by atoms with Crippen LogP contribution in [0.3, 0.4) is 0 Å². The summed E-state index contributed by atoms with van der Waals surface area (Å²) in [4.78, 5) is 13.9. The lowest BCUT2D eigenvalue weighted by atomic mass is 10.1. The van der Waals surface area contributed by atoms with Crippen LogP contribution >= 0.6 is 0 Å². The zero-order chi connectivity index (χ0) is 26.7. The van der Waals surface area contributed by atoms with Crippen LogP contribution in [0, 0.1) is 13.8 Å². The third-order valence-electron chi connectivity index (χ3n) is 3.10. The highest BCUT2D eigenvalue weighted by Crippen LogP contribution is 2.26. The Bertz CT molecular complexity index is 1290. The summed E-state index contributed by atoms with van der Waals surface area (Å²) in [6, 6.07) is -1.25. The number of nitrogens with one attached hydrogen (secondary N) is 1. The maximum absolute atomic E-state index is 13.2. The number of imidazole rings is 1. The lowest BCUT2D eigenvalue weighted by Crippen LogP contribution is -2.10. The number of hydrogen-bond donors (Lipinski definition) is 1. The number of methoxy groups -OCH3 is 2. The maximum atomic E-state index is 13.2. The smallest absolute Gasteiger partial charge is 0.323 e. The minimum atomic E-state index is -2.96. The van der Waals surface area contributed by atoms with Gasteiger partial charge in [-0.3, -0.25) is 9.97 Å². The number of fused-ring (bicyclic) bond motifs is 1. The molecule has 0 spiro atoms. The van der Waals surface area contributed by atoms with E-state index in [4.69, 9.17) is 19.8 Å². The lowest BCUT2D eigenvalue weighted by Gasteiger charge is -2.13. The number of hydrogen-bond acceptors (Lipinski definition) is 6. The lowest BCUT2D eigenvalue weighted by molar-refractivity contribution is 0.399. The van der Waals surface area contributed by atoms with Gasteiger partial charge in [-0.25, -0.2) is 0 Å². The van der Waals surface area contributed by atoms with E-state index in [1.165, 1.54) is 13.8 Å². The number of nitrogens with zero attached hydrogens (tertiary/aromatic N) is 3. The fourth-order valence-corrected chi connectivity index (χ4v) is 2.77. The van der Waals surface area contributed by atoms with E-state index >= 15 is 0 Å². The predicted molar refractivity (Wildman–Crippen MR) is 90.8 cm³/mol. The van der Waals surface area contributed by atoms with Gasteiger partial charge >= 0.3 is 5.16 Å². The Balaban J connectivity index is 2.11. The van der Waals surface area contributed by atoms with Gasteiger partial charge in [0.2, 0.25) is 5.88 Å². The van der Waals surface area contributed by atoms with E-state index in [9.17, 15) is 4.55 Å². The van der Waals surface area contributed by atoms with E-state index in [0.29, 0.717) is 0 Å². The van der Waals surface area contributed by atoms with Gasteiger partial charge in [0.15, 0.2) is 11.4 Å². The van der Waals surface area contributed by atoms with Crippen LogP contribution in [0.5, 0.6) is 11.6 Å². The van der Waals surface area contributed by atoms with Crippen molar-refractivity contribution in [3.63, 3.8) is 0 Å². The topological polar surface area (TPSA) is 96.0 Å². The van der Waals surface area contributed by atoms with Gasteiger partial charge in [-0.1, -0.05) is 0 Å². The first kappa shape index (κ1) is 7.71. The first-order valence-electron chi connectivity index (χ1n) is 12.0. The number of aromatic nitrogens is 4. The molecule has 0 saturated carbocycles. The summed E-state index contributed by atoms with van der Waals surface area (Å²) < 4.78 is 107. The molecule has 0 amide bonds. The minimum absolute atomic E-state index is 0.0421. The Kier molecular flexibility index (Phi) is 2.14. The molecule has 0 aliphatic rings. The van der Waals surface area contributed by atoms with Crippen LogP contribution in [-0.2, 0) is 16.9 Å². The summed E-state index contributed by atoms with van der Waals surface area (Å²) in [5.41, 5.74) is -3.97. The Morgan fingerprint density at radius 1 is 1.33 bits per heavy atom. The molecule has 0 bridgehead atoms. The number of pyridine rings is 2. The number of ether oxygens (including phenoxy) is 2. The highest BCUT2D eigenvalue weighted by Gasteiger charge is 2.21. The highest BCUT2D eigenvalue weighted by molar-refractivity contribution is 7.90. The number of aromatic amines is 1. The van der Waals surface area contributed by atoms with Crippen molar-refractivity contribution in [2.24, 2.45) is 0 Å². The summed E-state index contributed by atoms with van der Waals surface area (Å²) in [6.45, 7) is 2.68. The average molecular weight is 357 g/mol. The predicted octanol–water partition coefficient (Wildman–Crippen LogP) is 2.29. The van der Waals surface area contributed by atoms with E-state index in [-0.39, 0.29) is 28.0 Å². The van der Waals surface area contributed by atoms with Crippen LogP contribution in [0.2, 0.25) is 0 Å². The van der Waals surface area contributed by atoms with Crippen LogP contribution in [0.25, 0.3) is 11.2 Å². The van der Waals surface area contributed by atoms with Crippen LogP contribution in [0.1, 0.15) is 31.9 Å². The molecule has 0 saturated heterocycles. The van der Waals surface area contributed by atoms with Crippen molar-refractivity contribution in [2.45, 2.75) is 24.7 Å². The molecule has 0 fully saturated rings. The molecule has 0 aromatic carbocycles. The van der Waals surface area contributed by atoms with Crippen molar-refractivity contribution in [1.29, 1.82) is 0 Å². The molecule has 1 unspecified atom stereocenters. The zero-order valence-corrected chi connectivity index (χ0v) is 13.3. The average Bonchev–Trinajstić information content (AvgIpc) is 3.13. The maximum Gasteiger partial charge on any atom is 0.323 e. The molecule has 7 nitrogen and oxygen atoms in total. The van der Waals surface area contributed by atoms with Crippen molar-refractivity contribution in [3.8, 4) is 11.6 Å². The van der Waals surface area contributed by atoms with Gasteiger partial charge in [-0.2, -0.15) is 9.97 Å². The quantitative estimate of drug-likeness (QED) is 0.704. The first-order valence-corrected chi connectivity index (χ1v) is 7.63. The Morgan fingerprint density at radius 3 is 2.96 bits per heavy atom. The number of rotatable bonds is 5. The van der Waals surface area contributed by atoms with Crippen LogP contribution in [-0.4, -0.2) is 38.6 Å². The fourth-order valence-electron chi connectivity index (χ4n) is 1.94. The molecule has 24 heavy (non-hydrogen) atoms. The molecule has 3 heterocycles. The number of H-pyrrole nitrogens is 1. The summed E-state index contributed by atoms with van der Waals surface area (Å²) in [5.74, 6) is -1.01. The Morgan fingerprint density at radius 2 is 2.17 bits per heavy atom. The first-order chi connectivity index (χ1) is 15.8. The normalized spacial score (nSPS) is 20.7. The van der Waals surface area contributed by atoms with Crippen LogP contribution < -0.4 is 9.47 Å². The minimum Gasteiger partial charge on any atom is -0.609 e. The summed E-state index contributed by atoms with van der Waals surface area (Å²) in [7, 11) is -5.86. The molecular weight excluding hydrogens is 328 g/mol. The van der Waals surface area contributed by atoms with Gasteiger partial charge < -0.3 is 14.0 Å². The Labute approximate surface area is 158 Å². The molecule has 3 rings (SSSR count). The van der Waals surface area contributed by atoms with Crippen LogP contribution in [0.15, 0.2) is 23.4 Å². The summed E-state index contributed by atoms with van der Waals surface area (Å²) in [6.07, 6.45) is -0.490. The Hall–Kier alpha value is -2.32. The summed E-state index contributed by atoms with van der Waals surface area (Å²) >= 11 is -2.69. The van der Waals surface area contributed by atoms with Crippen molar-refractivity contribution in [2.75, 3.05) is 14.1 Å². The molecule has 8 heteroatoms. The van der Waals surface area contributed by atoms with Gasteiger partial charge in [0.05, 0.1) is 40.4 Å². The SMILES string of the molecule is [2H]c1nc(C([2H])([2H])[S+]([O-])c2nc3nc(OC([2H])([2H])[2H])c([2H])c([2H])c3[nH]2)c(C)c(OC([2H])([2H])[2H])c1C. The van der Waals surface area contributed by atoms with Crippen molar-refractivity contribution >= 4 is 22.3 Å². The van der Waals surface area contributed by atoms with Crippen molar-refractivity contribution in [3.05, 3.63) is 35.1 Å². The van der Waals surface area contributed by atoms with E-state index in [1.807, 2.05) is 0 Å². The third-order valence-corrected chi connectivity index (χ3v) is 4.02. The second kappa shape index (κ2) is 6.66. The van der Waals surface area contributed by atoms with Gasteiger partial charge in [0.25, 0.3) is 0 Å². The molecule has 0 aliphatic carbocycles. The molecule has 126 valence electrons. The summed E-state index contributed by atoms with van der Waals surface area (Å²) in [5, 5.41) is -0.525. The second-order valence-corrected chi connectivity index (χ2v) is 5.76.